The van der Waals surface area contributed by atoms with Crippen LogP contribution in [0.5, 0.6) is 0 Å². The zero-order valence-electron chi connectivity index (χ0n) is 11.0. The molecule has 0 saturated carbocycles. The fourth-order valence-electron chi connectivity index (χ4n) is 1.83. The number of aromatic nitrogens is 2. The molecule has 1 heterocycles. The summed E-state index contributed by atoms with van der Waals surface area (Å²) in [6.07, 6.45) is 2.87. The molecule has 0 spiro atoms. The lowest BCUT2D eigenvalue weighted by molar-refractivity contribution is 0.488. The Labute approximate surface area is 120 Å². The van der Waals surface area contributed by atoms with Gasteiger partial charge in [-0.25, -0.2) is 4.39 Å². The molecule has 0 aliphatic rings. The molecular formula is C14H17BrFN3. The Morgan fingerprint density at radius 2 is 2.16 bits per heavy atom. The van der Waals surface area contributed by atoms with Crippen molar-refractivity contribution in [3.8, 4) is 11.3 Å². The highest BCUT2D eigenvalue weighted by Crippen LogP contribution is 2.31. The predicted molar refractivity (Wildman–Crippen MR) is 79.2 cm³/mol. The molecule has 0 saturated heterocycles. The zero-order valence-corrected chi connectivity index (χ0v) is 12.6. The van der Waals surface area contributed by atoms with Crippen molar-refractivity contribution in [2.24, 2.45) is 5.92 Å². The summed E-state index contributed by atoms with van der Waals surface area (Å²) in [5.41, 5.74) is 8.09. The number of aryl methyl sites for hydroxylation is 1. The smallest absolute Gasteiger partial charge is 0.124 e. The van der Waals surface area contributed by atoms with E-state index < -0.39 is 0 Å². The van der Waals surface area contributed by atoms with Gasteiger partial charge in [0.2, 0.25) is 0 Å². The Bertz CT molecular complexity index is 578. The highest BCUT2D eigenvalue weighted by molar-refractivity contribution is 9.10. The fraction of sp³-hybridized carbons (Fsp3) is 0.357. The van der Waals surface area contributed by atoms with Crippen molar-refractivity contribution in [1.29, 1.82) is 0 Å². The molecule has 1 aromatic heterocycles. The number of rotatable bonds is 4. The maximum Gasteiger partial charge on any atom is 0.124 e. The van der Waals surface area contributed by atoms with E-state index in [4.69, 9.17) is 5.73 Å². The van der Waals surface area contributed by atoms with Crippen LogP contribution in [-0.2, 0) is 6.54 Å². The second-order valence-corrected chi connectivity index (χ2v) is 5.86. The number of nitrogens with zero attached hydrogens (tertiary/aromatic N) is 2. The second kappa shape index (κ2) is 5.74. The summed E-state index contributed by atoms with van der Waals surface area (Å²) in [5.74, 6) is 0.333. The molecule has 2 aromatic rings. The van der Waals surface area contributed by atoms with E-state index in [2.05, 4.69) is 34.9 Å². The Morgan fingerprint density at radius 1 is 1.42 bits per heavy atom. The minimum Gasteiger partial charge on any atom is -0.396 e. The van der Waals surface area contributed by atoms with Crippen LogP contribution in [0.3, 0.4) is 0 Å². The molecule has 2 N–H and O–H groups in total. The van der Waals surface area contributed by atoms with Crippen molar-refractivity contribution >= 4 is 21.6 Å². The van der Waals surface area contributed by atoms with E-state index >= 15 is 0 Å². The summed E-state index contributed by atoms with van der Waals surface area (Å²) >= 11 is 3.34. The lowest BCUT2D eigenvalue weighted by Crippen LogP contribution is -2.02. The molecule has 2 rings (SSSR count). The molecule has 0 amide bonds. The molecule has 0 radical (unpaired) electrons. The summed E-state index contributed by atoms with van der Waals surface area (Å²) in [4.78, 5) is 0. The van der Waals surface area contributed by atoms with Gasteiger partial charge in [0, 0.05) is 22.8 Å². The Morgan fingerprint density at radius 3 is 2.79 bits per heavy atom. The van der Waals surface area contributed by atoms with Gasteiger partial charge in [-0.2, -0.15) is 5.10 Å². The topological polar surface area (TPSA) is 43.8 Å². The van der Waals surface area contributed by atoms with Crippen molar-refractivity contribution in [1.82, 2.24) is 9.78 Å². The van der Waals surface area contributed by atoms with Gasteiger partial charge >= 0.3 is 0 Å². The van der Waals surface area contributed by atoms with E-state index in [1.165, 1.54) is 12.1 Å². The monoisotopic (exact) mass is 325 g/mol. The average molecular weight is 326 g/mol. The second-order valence-electron chi connectivity index (χ2n) is 5.00. The Balaban J connectivity index is 2.29. The first-order valence-corrected chi connectivity index (χ1v) is 7.05. The van der Waals surface area contributed by atoms with Gasteiger partial charge in [0.1, 0.15) is 11.5 Å². The normalized spacial score (nSPS) is 11.2. The molecule has 1 aromatic carbocycles. The Hall–Kier alpha value is -1.36. The summed E-state index contributed by atoms with van der Waals surface area (Å²) in [6, 6.07) is 4.51. The number of nitrogens with two attached hydrogens (primary N) is 1. The third-order valence-corrected chi connectivity index (χ3v) is 3.57. The molecule has 0 aliphatic carbocycles. The number of anilines is 1. The largest absolute Gasteiger partial charge is 0.396 e. The molecule has 5 heteroatoms. The van der Waals surface area contributed by atoms with E-state index in [0.29, 0.717) is 21.8 Å². The lowest BCUT2D eigenvalue weighted by atomic mass is 10.1. The van der Waals surface area contributed by atoms with Crippen molar-refractivity contribution in [2.75, 3.05) is 5.73 Å². The van der Waals surface area contributed by atoms with Crippen molar-refractivity contribution in [3.63, 3.8) is 0 Å². The highest BCUT2D eigenvalue weighted by atomic mass is 79.9. The summed E-state index contributed by atoms with van der Waals surface area (Å²) in [5, 5.41) is 4.48. The lowest BCUT2D eigenvalue weighted by Gasteiger charge is -2.04. The third-order valence-electron chi connectivity index (χ3n) is 2.91. The SMILES string of the molecule is CC(C)CCn1cc(N)c(-c2ccc(F)cc2Br)n1. The molecule has 102 valence electrons. The van der Waals surface area contributed by atoms with E-state index in [-0.39, 0.29) is 5.82 Å². The minimum atomic E-state index is -0.284. The van der Waals surface area contributed by atoms with Crippen LogP contribution >= 0.6 is 15.9 Å². The van der Waals surface area contributed by atoms with Gasteiger partial charge in [-0.15, -0.1) is 0 Å². The molecule has 3 nitrogen and oxygen atoms in total. The zero-order chi connectivity index (χ0) is 14.0. The van der Waals surface area contributed by atoms with Crippen molar-refractivity contribution in [3.05, 3.63) is 34.7 Å². The first-order valence-electron chi connectivity index (χ1n) is 6.25. The first kappa shape index (κ1) is 14.1. The van der Waals surface area contributed by atoms with Gasteiger partial charge in [0.25, 0.3) is 0 Å². The van der Waals surface area contributed by atoms with Gasteiger partial charge in [0.15, 0.2) is 0 Å². The van der Waals surface area contributed by atoms with Crippen LogP contribution in [0, 0.1) is 11.7 Å². The number of nitrogen functional groups attached to an aromatic ring is 1. The van der Waals surface area contributed by atoms with Crippen LogP contribution < -0.4 is 5.73 Å². The van der Waals surface area contributed by atoms with Crippen molar-refractivity contribution in [2.45, 2.75) is 26.8 Å². The van der Waals surface area contributed by atoms with Crippen LogP contribution in [0.4, 0.5) is 10.1 Å². The van der Waals surface area contributed by atoms with Crippen LogP contribution in [-0.4, -0.2) is 9.78 Å². The third kappa shape index (κ3) is 3.35. The molecule has 0 fully saturated rings. The van der Waals surface area contributed by atoms with Crippen LogP contribution in [0.15, 0.2) is 28.9 Å². The predicted octanol–water partition coefficient (Wildman–Crippen LogP) is 4.08. The maximum absolute atomic E-state index is 13.1. The van der Waals surface area contributed by atoms with E-state index in [1.807, 2.05) is 10.9 Å². The molecular weight excluding hydrogens is 309 g/mol. The molecule has 0 atom stereocenters. The van der Waals surface area contributed by atoms with Gasteiger partial charge in [-0.3, -0.25) is 4.68 Å². The van der Waals surface area contributed by atoms with Crippen LogP contribution in [0.1, 0.15) is 20.3 Å². The average Bonchev–Trinajstić information content (AvgIpc) is 2.68. The van der Waals surface area contributed by atoms with Gasteiger partial charge in [0.05, 0.1) is 5.69 Å². The first-order chi connectivity index (χ1) is 8.97. The fourth-order valence-corrected chi connectivity index (χ4v) is 2.37. The van der Waals surface area contributed by atoms with E-state index in [9.17, 15) is 4.39 Å². The minimum absolute atomic E-state index is 0.284. The highest BCUT2D eigenvalue weighted by Gasteiger charge is 2.12. The molecule has 0 bridgehead atoms. The van der Waals surface area contributed by atoms with E-state index in [1.54, 1.807) is 6.07 Å². The number of hydrogen-bond acceptors (Lipinski definition) is 2. The Kier molecular flexibility index (Phi) is 4.24. The molecule has 0 unspecified atom stereocenters. The van der Waals surface area contributed by atoms with Gasteiger partial charge in [-0.1, -0.05) is 13.8 Å². The molecule has 19 heavy (non-hydrogen) atoms. The summed E-state index contributed by atoms with van der Waals surface area (Å²) in [6.45, 7) is 5.18. The van der Waals surface area contributed by atoms with Crippen molar-refractivity contribution < 1.29 is 4.39 Å². The number of halogens is 2. The van der Waals surface area contributed by atoms with E-state index in [0.717, 1.165) is 18.5 Å². The summed E-state index contributed by atoms with van der Waals surface area (Å²) in [7, 11) is 0. The quantitative estimate of drug-likeness (QED) is 0.920. The maximum atomic E-state index is 13.1. The number of benzene rings is 1. The van der Waals surface area contributed by atoms with Crippen LogP contribution in [0.25, 0.3) is 11.3 Å². The standard InChI is InChI=1S/C14H17BrFN3/c1-9(2)5-6-19-8-13(17)14(18-19)11-4-3-10(16)7-12(11)15/h3-4,7-9H,5-6,17H2,1-2H3. The van der Waals surface area contributed by atoms with Gasteiger partial charge < -0.3 is 5.73 Å². The van der Waals surface area contributed by atoms with Gasteiger partial charge in [-0.05, 0) is 46.5 Å². The summed E-state index contributed by atoms with van der Waals surface area (Å²) < 4.78 is 15.6. The van der Waals surface area contributed by atoms with Crippen LogP contribution in [0.2, 0.25) is 0 Å². The molecule has 0 aliphatic heterocycles. The number of hydrogen-bond donors (Lipinski definition) is 1.